The van der Waals surface area contributed by atoms with Gasteiger partial charge in [0, 0.05) is 12.5 Å². The molecule has 0 spiro atoms. The first kappa shape index (κ1) is 8.69. The van der Waals surface area contributed by atoms with E-state index >= 15 is 0 Å². The number of likely N-dealkylation sites (N-methyl/N-ethyl adjacent to an activating group) is 1. The summed E-state index contributed by atoms with van der Waals surface area (Å²) in [6.07, 6.45) is 3.53. The highest BCUT2D eigenvalue weighted by Crippen LogP contribution is 2.33. The molecule has 1 unspecified atom stereocenters. The second-order valence-corrected chi connectivity index (χ2v) is 3.67. The van der Waals surface area contributed by atoms with E-state index in [1.54, 1.807) is 0 Å². The van der Waals surface area contributed by atoms with Gasteiger partial charge < -0.3 is 9.84 Å². The molecule has 1 aromatic rings. The van der Waals surface area contributed by atoms with Crippen LogP contribution in [0.2, 0.25) is 0 Å². The van der Waals surface area contributed by atoms with Gasteiger partial charge in [0.15, 0.2) is 5.82 Å². The second kappa shape index (κ2) is 3.46. The number of rotatable bonds is 4. The standard InChI is InChI=1S/C9H15N3O/c1-6-11-9(13-12-6)5-8(10-2)7-3-4-7/h7-8,10H,3-5H2,1-2H3. The Bertz CT molecular complexity index is 280. The van der Waals surface area contributed by atoms with Crippen molar-refractivity contribution in [2.45, 2.75) is 32.2 Å². The smallest absolute Gasteiger partial charge is 0.228 e. The fraction of sp³-hybridized carbons (Fsp3) is 0.778. The van der Waals surface area contributed by atoms with E-state index in [-0.39, 0.29) is 0 Å². The van der Waals surface area contributed by atoms with Crippen molar-refractivity contribution < 1.29 is 4.52 Å². The summed E-state index contributed by atoms with van der Waals surface area (Å²) in [5.41, 5.74) is 0. The molecule has 1 N–H and O–H groups in total. The molecular weight excluding hydrogens is 166 g/mol. The Kier molecular flexibility index (Phi) is 2.31. The van der Waals surface area contributed by atoms with Gasteiger partial charge in [-0.3, -0.25) is 0 Å². The van der Waals surface area contributed by atoms with Crippen LogP contribution in [-0.4, -0.2) is 23.2 Å². The number of hydrogen-bond donors (Lipinski definition) is 1. The fourth-order valence-electron chi connectivity index (χ4n) is 1.61. The zero-order chi connectivity index (χ0) is 9.26. The summed E-state index contributed by atoms with van der Waals surface area (Å²) in [5, 5.41) is 7.06. The van der Waals surface area contributed by atoms with Crippen molar-refractivity contribution in [1.82, 2.24) is 15.5 Å². The average Bonchev–Trinajstić information content (AvgIpc) is 2.87. The van der Waals surface area contributed by atoms with E-state index in [0.717, 1.165) is 24.1 Å². The van der Waals surface area contributed by atoms with Gasteiger partial charge >= 0.3 is 0 Å². The maximum absolute atomic E-state index is 5.07. The van der Waals surface area contributed by atoms with Gasteiger partial charge in [0.25, 0.3) is 0 Å². The van der Waals surface area contributed by atoms with Gasteiger partial charge in [0.2, 0.25) is 5.89 Å². The maximum Gasteiger partial charge on any atom is 0.228 e. The Morgan fingerprint density at radius 1 is 1.62 bits per heavy atom. The Hall–Kier alpha value is -0.900. The highest BCUT2D eigenvalue weighted by Gasteiger charge is 2.31. The largest absolute Gasteiger partial charge is 0.339 e. The molecule has 72 valence electrons. The third-order valence-corrected chi connectivity index (χ3v) is 2.53. The lowest BCUT2D eigenvalue weighted by Gasteiger charge is -2.11. The van der Waals surface area contributed by atoms with E-state index < -0.39 is 0 Å². The summed E-state index contributed by atoms with van der Waals surface area (Å²) in [6.45, 7) is 1.85. The highest BCUT2D eigenvalue weighted by molar-refractivity contribution is 4.93. The molecular formula is C9H15N3O. The fourth-order valence-corrected chi connectivity index (χ4v) is 1.61. The van der Waals surface area contributed by atoms with Gasteiger partial charge in [-0.25, -0.2) is 0 Å². The first-order valence-electron chi connectivity index (χ1n) is 4.76. The number of aryl methyl sites for hydroxylation is 1. The molecule has 0 amide bonds. The second-order valence-electron chi connectivity index (χ2n) is 3.67. The van der Waals surface area contributed by atoms with E-state index in [1.165, 1.54) is 12.8 Å². The van der Waals surface area contributed by atoms with Crippen LogP contribution in [0.3, 0.4) is 0 Å². The van der Waals surface area contributed by atoms with Crippen LogP contribution in [-0.2, 0) is 6.42 Å². The Balaban J connectivity index is 1.95. The van der Waals surface area contributed by atoms with E-state index in [9.17, 15) is 0 Å². The summed E-state index contributed by atoms with van der Waals surface area (Å²) in [7, 11) is 1.99. The molecule has 2 rings (SSSR count). The molecule has 1 saturated carbocycles. The summed E-state index contributed by atoms with van der Waals surface area (Å²) in [6, 6.07) is 0.514. The van der Waals surface area contributed by atoms with Crippen LogP contribution in [0.5, 0.6) is 0 Å². The number of aromatic nitrogens is 2. The van der Waals surface area contributed by atoms with Crippen molar-refractivity contribution in [1.29, 1.82) is 0 Å². The molecule has 0 radical (unpaired) electrons. The van der Waals surface area contributed by atoms with Crippen LogP contribution >= 0.6 is 0 Å². The molecule has 4 nitrogen and oxygen atoms in total. The summed E-state index contributed by atoms with van der Waals surface area (Å²) < 4.78 is 5.07. The SMILES string of the molecule is CNC(Cc1nc(C)no1)C1CC1. The summed E-state index contributed by atoms with van der Waals surface area (Å²) >= 11 is 0. The lowest BCUT2D eigenvalue weighted by Crippen LogP contribution is -2.29. The first-order valence-corrected chi connectivity index (χ1v) is 4.76. The maximum atomic E-state index is 5.07. The molecule has 0 aromatic carbocycles. The third-order valence-electron chi connectivity index (χ3n) is 2.53. The predicted molar refractivity (Wildman–Crippen MR) is 48.3 cm³/mol. The van der Waals surface area contributed by atoms with Crippen LogP contribution in [0.25, 0.3) is 0 Å². The van der Waals surface area contributed by atoms with Crippen molar-refractivity contribution in [3.8, 4) is 0 Å². The average molecular weight is 181 g/mol. The topological polar surface area (TPSA) is 51.0 Å². The van der Waals surface area contributed by atoms with Crippen LogP contribution in [0.1, 0.15) is 24.6 Å². The van der Waals surface area contributed by atoms with Gasteiger partial charge in [-0.05, 0) is 32.7 Å². The number of nitrogens with one attached hydrogen (secondary N) is 1. The van der Waals surface area contributed by atoms with E-state index in [1.807, 2.05) is 14.0 Å². The molecule has 0 saturated heterocycles. The molecule has 1 aliphatic rings. The van der Waals surface area contributed by atoms with Crippen molar-refractivity contribution in [2.75, 3.05) is 7.05 Å². The van der Waals surface area contributed by atoms with Gasteiger partial charge in [-0.15, -0.1) is 0 Å². The first-order chi connectivity index (χ1) is 6.29. The van der Waals surface area contributed by atoms with Gasteiger partial charge in [-0.2, -0.15) is 4.98 Å². The van der Waals surface area contributed by atoms with Gasteiger partial charge in [-0.1, -0.05) is 5.16 Å². The molecule has 1 aliphatic carbocycles. The van der Waals surface area contributed by atoms with E-state index in [2.05, 4.69) is 15.5 Å². The Morgan fingerprint density at radius 3 is 2.85 bits per heavy atom. The monoisotopic (exact) mass is 181 g/mol. The highest BCUT2D eigenvalue weighted by atomic mass is 16.5. The van der Waals surface area contributed by atoms with Gasteiger partial charge in [0.1, 0.15) is 0 Å². The molecule has 13 heavy (non-hydrogen) atoms. The quantitative estimate of drug-likeness (QED) is 0.750. The third kappa shape index (κ3) is 2.06. The molecule has 1 atom stereocenters. The van der Waals surface area contributed by atoms with Crippen molar-refractivity contribution in [3.63, 3.8) is 0 Å². The molecule has 1 heterocycles. The zero-order valence-corrected chi connectivity index (χ0v) is 8.08. The van der Waals surface area contributed by atoms with Crippen LogP contribution in [0, 0.1) is 12.8 Å². The molecule has 1 fully saturated rings. The van der Waals surface area contributed by atoms with E-state index in [0.29, 0.717) is 6.04 Å². The molecule has 0 aliphatic heterocycles. The minimum absolute atomic E-state index is 0.514. The molecule has 1 aromatic heterocycles. The minimum Gasteiger partial charge on any atom is -0.339 e. The van der Waals surface area contributed by atoms with Crippen molar-refractivity contribution >= 4 is 0 Å². The van der Waals surface area contributed by atoms with E-state index in [4.69, 9.17) is 4.52 Å². The lowest BCUT2D eigenvalue weighted by molar-refractivity contribution is 0.350. The van der Waals surface area contributed by atoms with Gasteiger partial charge in [0.05, 0.1) is 0 Å². The van der Waals surface area contributed by atoms with Crippen LogP contribution in [0.4, 0.5) is 0 Å². The van der Waals surface area contributed by atoms with Crippen LogP contribution < -0.4 is 5.32 Å². The summed E-state index contributed by atoms with van der Waals surface area (Å²) in [4.78, 5) is 4.19. The number of nitrogens with zero attached hydrogens (tertiary/aromatic N) is 2. The molecule has 4 heteroatoms. The Labute approximate surface area is 77.7 Å². The Morgan fingerprint density at radius 2 is 2.38 bits per heavy atom. The number of hydrogen-bond acceptors (Lipinski definition) is 4. The zero-order valence-electron chi connectivity index (χ0n) is 8.08. The predicted octanol–water partition coefficient (Wildman–Crippen LogP) is 0.919. The van der Waals surface area contributed by atoms with Crippen molar-refractivity contribution in [2.24, 2.45) is 5.92 Å². The summed E-state index contributed by atoms with van der Waals surface area (Å²) in [5.74, 6) is 2.29. The van der Waals surface area contributed by atoms with Crippen molar-refractivity contribution in [3.05, 3.63) is 11.7 Å². The molecule has 0 bridgehead atoms. The normalized spacial score (nSPS) is 18.9. The van der Waals surface area contributed by atoms with Crippen LogP contribution in [0.15, 0.2) is 4.52 Å². The minimum atomic E-state index is 0.514. The lowest BCUT2D eigenvalue weighted by atomic mass is 10.1.